The van der Waals surface area contributed by atoms with E-state index in [0.717, 1.165) is 36.3 Å². The Morgan fingerprint density at radius 2 is 2.15 bits per heavy atom. The Kier molecular flexibility index (Phi) is 6.69. The fraction of sp³-hybridized carbons (Fsp3) is 0.333. The van der Waals surface area contributed by atoms with Crippen LogP contribution >= 0.6 is 23.8 Å². The molecule has 0 aromatic heterocycles. The van der Waals surface area contributed by atoms with Crippen molar-refractivity contribution in [3.8, 4) is 0 Å². The fourth-order valence-electron chi connectivity index (χ4n) is 3.31. The molecule has 142 valence electrons. The summed E-state index contributed by atoms with van der Waals surface area (Å²) < 4.78 is 0. The van der Waals surface area contributed by atoms with Gasteiger partial charge in [-0.3, -0.25) is 5.43 Å². The largest absolute Gasteiger partial charge is 0.371 e. The number of aryl methyl sites for hydroxylation is 2. The maximum atomic E-state index is 6.21. The lowest BCUT2D eigenvalue weighted by Crippen LogP contribution is -2.30. The van der Waals surface area contributed by atoms with Crippen LogP contribution in [0.25, 0.3) is 0 Å². The van der Waals surface area contributed by atoms with Gasteiger partial charge in [0.15, 0.2) is 5.11 Å². The molecule has 1 heterocycles. The smallest absolute Gasteiger partial charge is 0.191 e. The second-order valence-corrected chi connectivity index (χ2v) is 7.60. The number of benzene rings is 2. The Bertz CT molecular complexity index is 850. The number of hydrogen-bond acceptors (Lipinski definition) is 3. The van der Waals surface area contributed by atoms with Crippen LogP contribution in [0, 0.1) is 6.92 Å². The molecule has 27 heavy (non-hydrogen) atoms. The van der Waals surface area contributed by atoms with Gasteiger partial charge < -0.3 is 10.2 Å². The molecular weight excluding hydrogens is 376 g/mol. The lowest BCUT2D eigenvalue weighted by molar-refractivity contribution is 0.681. The number of hydrazone groups is 1. The first-order valence-electron chi connectivity index (χ1n) is 9.31. The Balaban J connectivity index is 1.60. The van der Waals surface area contributed by atoms with Gasteiger partial charge >= 0.3 is 0 Å². The molecule has 0 unspecified atom stereocenters. The van der Waals surface area contributed by atoms with Gasteiger partial charge in [-0.2, -0.15) is 5.10 Å². The number of anilines is 2. The topological polar surface area (TPSA) is 39.7 Å². The van der Waals surface area contributed by atoms with Gasteiger partial charge in [0.2, 0.25) is 0 Å². The molecule has 0 fully saturated rings. The molecule has 2 aromatic rings. The van der Waals surface area contributed by atoms with Crippen molar-refractivity contribution in [2.75, 3.05) is 23.3 Å². The molecule has 0 bridgehead atoms. The third-order valence-electron chi connectivity index (χ3n) is 4.56. The van der Waals surface area contributed by atoms with E-state index in [1.165, 1.54) is 24.1 Å². The Morgan fingerprint density at radius 1 is 1.30 bits per heavy atom. The van der Waals surface area contributed by atoms with Crippen molar-refractivity contribution in [3.05, 3.63) is 58.1 Å². The van der Waals surface area contributed by atoms with E-state index in [1.807, 2.05) is 25.1 Å². The van der Waals surface area contributed by atoms with Crippen molar-refractivity contribution in [2.45, 2.75) is 33.1 Å². The van der Waals surface area contributed by atoms with Gasteiger partial charge in [0.1, 0.15) is 0 Å². The van der Waals surface area contributed by atoms with E-state index >= 15 is 0 Å². The van der Waals surface area contributed by atoms with Crippen LogP contribution in [0.4, 0.5) is 11.4 Å². The minimum absolute atomic E-state index is 0.407. The van der Waals surface area contributed by atoms with Crippen LogP contribution < -0.4 is 15.6 Å². The third-order valence-corrected chi connectivity index (χ3v) is 5.07. The monoisotopic (exact) mass is 400 g/mol. The van der Waals surface area contributed by atoms with Crippen LogP contribution in [0.15, 0.2) is 41.5 Å². The van der Waals surface area contributed by atoms with Crippen molar-refractivity contribution in [3.63, 3.8) is 0 Å². The molecule has 4 nitrogen and oxygen atoms in total. The van der Waals surface area contributed by atoms with Crippen LogP contribution in [0.5, 0.6) is 0 Å². The quantitative estimate of drug-likeness (QED) is 0.414. The standard InChI is InChI=1S/C21H25ClN4S/c1-3-10-26-11-4-5-17-13-16(7-9-20(17)26)14-23-25-21(27)24-19-8-6-15(2)12-18(19)22/h6-9,12-14H,3-5,10-11H2,1-2H3,(H2,24,25,27). The van der Waals surface area contributed by atoms with E-state index < -0.39 is 0 Å². The average molecular weight is 401 g/mol. The lowest BCUT2D eigenvalue weighted by atomic mass is 9.99. The van der Waals surface area contributed by atoms with E-state index in [9.17, 15) is 0 Å². The number of hydrogen-bond donors (Lipinski definition) is 2. The zero-order valence-electron chi connectivity index (χ0n) is 15.8. The van der Waals surface area contributed by atoms with Crippen LogP contribution in [0.2, 0.25) is 5.02 Å². The Morgan fingerprint density at radius 3 is 2.93 bits per heavy atom. The summed E-state index contributed by atoms with van der Waals surface area (Å²) in [4.78, 5) is 2.47. The maximum absolute atomic E-state index is 6.21. The zero-order valence-corrected chi connectivity index (χ0v) is 17.3. The van der Waals surface area contributed by atoms with E-state index in [-0.39, 0.29) is 0 Å². The first-order chi connectivity index (χ1) is 13.1. The average Bonchev–Trinajstić information content (AvgIpc) is 2.64. The zero-order chi connectivity index (χ0) is 19.2. The molecular formula is C21H25ClN4S. The van der Waals surface area contributed by atoms with Gasteiger partial charge in [-0.15, -0.1) is 0 Å². The maximum Gasteiger partial charge on any atom is 0.191 e. The van der Waals surface area contributed by atoms with Crippen LogP contribution in [0.1, 0.15) is 36.5 Å². The first kappa shape index (κ1) is 19.6. The van der Waals surface area contributed by atoms with Gasteiger partial charge in [-0.1, -0.05) is 30.7 Å². The predicted octanol–water partition coefficient (Wildman–Crippen LogP) is 5.13. The summed E-state index contributed by atoms with van der Waals surface area (Å²) in [5.41, 5.74) is 8.54. The van der Waals surface area contributed by atoms with Crippen molar-refractivity contribution < 1.29 is 0 Å². The Labute approximate surface area is 171 Å². The van der Waals surface area contributed by atoms with E-state index in [1.54, 1.807) is 6.21 Å². The van der Waals surface area contributed by atoms with Crippen molar-refractivity contribution in [2.24, 2.45) is 5.10 Å². The molecule has 6 heteroatoms. The van der Waals surface area contributed by atoms with Gasteiger partial charge in [0.25, 0.3) is 0 Å². The number of nitrogens with zero attached hydrogens (tertiary/aromatic N) is 2. The highest BCUT2D eigenvalue weighted by molar-refractivity contribution is 7.80. The number of fused-ring (bicyclic) bond motifs is 1. The molecule has 0 saturated carbocycles. The summed E-state index contributed by atoms with van der Waals surface area (Å²) in [6.45, 7) is 6.49. The van der Waals surface area contributed by atoms with E-state index in [0.29, 0.717) is 10.1 Å². The van der Waals surface area contributed by atoms with Crippen LogP contribution in [-0.4, -0.2) is 24.4 Å². The third kappa shape index (κ3) is 5.21. The van der Waals surface area contributed by atoms with Crippen molar-refractivity contribution in [1.29, 1.82) is 0 Å². The molecule has 0 saturated heterocycles. The second-order valence-electron chi connectivity index (χ2n) is 6.79. The molecule has 2 N–H and O–H groups in total. The number of rotatable bonds is 5. The van der Waals surface area contributed by atoms with E-state index in [2.05, 4.69) is 45.9 Å². The number of nitrogens with one attached hydrogen (secondary N) is 2. The molecule has 2 aromatic carbocycles. The van der Waals surface area contributed by atoms with Crippen molar-refractivity contribution >= 4 is 46.5 Å². The summed E-state index contributed by atoms with van der Waals surface area (Å²) in [7, 11) is 0. The molecule has 0 radical (unpaired) electrons. The number of halogens is 1. The van der Waals surface area contributed by atoms with Crippen LogP contribution in [-0.2, 0) is 6.42 Å². The molecule has 3 rings (SSSR count). The molecule has 1 aliphatic heterocycles. The van der Waals surface area contributed by atoms with Crippen molar-refractivity contribution in [1.82, 2.24) is 5.43 Å². The second kappa shape index (κ2) is 9.20. The fourth-order valence-corrected chi connectivity index (χ4v) is 3.76. The predicted molar refractivity (Wildman–Crippen MR) is 120 cm³/mol. The highest BCUT2D eigenvalue weighted by Gasteiger charge is 2.15. The molecule has 1 aliphatic rings. The molecule has 0 aliphatic carbocycles. The molecule has 0 spiro atoms. The van der Waals surface area contributed by atoms with Gasteiger partial charge in [-0.05, 0) is 79.4 Å². The summed E-state index contributed by atoms with van der Waals surface area (Å²) in [6, 6.07) is 12.3. The highest BCUT2D eigenvalue weighted by atomic mass is 35.5. The molecule has 0 amide bonds. The first-order valence-corrected chi connectivity index (χ1v) is 10.1. The summed E-state index contributed by atoms with van der Waals surface area (Å²) in [5.74, 6) is 0. The van der Waals surface area contributed by atoms with Gasteiger partial charge in [0, 0.05) is 18.8 Å². The SMILES string of the molecule is CCCN1CCCc2cc(C=NNC(=S)Nc3ccc(C)cc3Cl)ccc21. The number of thiocarbonyl (C=S) groups is 1. The summed E-state index contributed by atoms with van der Waals surface area (Å²) in [6.07, 6.45) is 5.29. The van der Waals surface area contributed by atoms with Gasteiger partial charge in [0.05, 0.1) is 16.9 Å². The summed E-state index contributed by atoms with van der Waals surface area (Å²) in [5, 5.41) is 8.36. The normalized spacial score (nSPS) is 13.5. The molecule has 0 atom stereocenters. The minimum atomic E-state index is 0.407. The van der Waals surface area contributed by atoms with E-state index in [4.69, 9.17) is 23.8 Å². The summed E-state index contributed by atoms with van der Waals surface area (Å²) >= 11 is 11.5. The van der Waals surface area contributed by atoms with Gasteiger partial charge in [-0.25, -0.2) is 0 Å². The van der Waals surface area contributed by atoms with Crippen LogP contribution in [0.3, 0.4) is 0 Å². The minimum Gasteiger partial charge on any atom is -0.371 e. The highest BCUT2D eigenvalue weighted by Crippen LogP contribution is 2.27. The lowest BCUT2D eigenvalue weighted by Gasteiger charge is -2.31. The Hall–Kier alpha value is -2.11.